The number of carbonyl (C=O) groups is 1. The van der Waals surface area contributed by atoms with Gasteiger partial charge in [0.15, 0.2) is 0 Å². The fourth-order valence-electron chi connectivity index (χ4n) is 1.54. The van der Waals surface area contributed by atoms with Crippen molar-refractivity contribution < 1.29 is 9.53 Å². The van der Waals surface area contributed by atoms with Gasteiger partial charge in [0.25, 0.3) is 0 Å². The highest BCUT2D eigenvalue weighted by molar-refractivity contribution is 7.99. The first-order valence-electron chi connectivity index (χ1n) is 6.06. The van der Waals surface area contributed by atoms with Gasteiger partial charge in [-0.2, -0.15) is 0 Å². The summed E-state index contributed by atoms with van der Waals surface area (Å²) in [6.45, 7) is 6.10. The molecule has 0 saturated carbocycles. The van der Waals surface area contributed by atoms with E-state index in [0.29, 0.717) is 5.75 Å². The molecule has 0 aliphatic heterocycles. The Hall–Kier alpha value is -1.00. The Morgan fingerprint density at radius 3 is 2.44 bits per heavy atom. The minimum atomic E-state index is -0.263. The third kappa shape index (κ3) is 5.10. The molecule has 0 saturated heterocycles. The SMILES string of the molecule is COC(=O)C(CSc1ccc(C)cc1)NC(C)C. The molecule has 0 aromatic heterocycles. The smallest absolute Gasteiger partial charge is 0.323 e. The van der Waals surface area contributed by atoms with Gasteiger partial charge in [-0.15, -0.1) is 11.8 Å². The standard InChI is InChI=1S/C14H21NO2S/c1-10(2)15-13(14(16)17-4)9-18-12-7-5-11(3)6-8-12/h5-8,10,13,15H,9H2,1-4H3. The van der Waals surface area contributed by atoms with E-state index in [4.69, 9.17) is 4.74 Å². The van der Waals surface area contributed by atoms with Crippen molar-refractivity contribution in [3.05, 3.63) is 29.8 Å². The molecule has 0 heterocycles. The first-order chi connectivity index (χ1) is 8.52. The van der Waals surface area contributed by atoms with E-state index in [1.807, 2.05) is 13.8 Å². The monoisotopic (exact) mass is 267 g/mol. The second kappa shape index (κ2) is 7.44. The van der Waals surface area contributed by atoms with Crippen molar-refractivity contribution in [1.29, 1.82) is 0 Å². The molecule has 4 heteroatoms. The Kier molecular flexibility index (Phi) is 6.22. The number of benzene rings is 1. The fraction of sp³-hybridized carbons (Fsp3) is 0.500. The third-order valence-electron chi connectivity index (χ3n) is 2.46. The first kappa shape index (κ1) is 15.1. The van der Waals surface area contributed by atoms with Crippen LogP contribution >= 0.6 is 11.8 Å². The van der Waals surface area contributed by atoms with Crippen molar-refractivity contribution in [2.45, 2.75) is 37.8 Å². The van der Waals surface area contributed by atoms with Crippen LogP contribution in [0.1, 0.15) is 19.4 Å². The summed E-state index contributed by atoms with van der Waals surface area (Å²) < 4.78 is 4.81. The van der Waals surface area contributed by atoms with Crippen molar-refractivity contribution in [2.75, 3.05) is 12.9 Å². The van der Waals surface area contributed by atoms with Crippen LogP contribution in [0, 0.1) is 6.92 Å². The molecular weight excluding hydrogens is 246 g/mol. The lowest BCUT2D eigenvalue weighted by atomic mass is 10.2. The quantitative estimate of drug-likeness (QED) is 0.635. The van der Waals surface area contributed by atoms with Crippen LogP contribution in [-0.4, -0.2) is 30.9 Å². The number of hydrogen-bond acceptors (Lipinski definition) is 4. The number of ether oxygens (including phenoxy) is 1. The highest BCUT2D eigenvalue weighted by Crippen LogP contribution is 2.19. The number of nitrogens with one attached hydrogen (secondary N) is 1. The van der Waals surface area contributed by atoms with Gasteiger partial charge in [-0.25, -0.2) is 0 Å². The third-order valence-corrected chi connectivity index (χ3v) is 3.56. The minimum absolute atomic E-state index is 0.205. The summed E-state index contributed by atoms with van der Waals surface area (Å²) in [6.07, 6.45) is 0. The lowest BCUT2D eigenvalue weighted by molar-refractivity contribution is -0.142. The van der Waals surface area contributed by atoms with Gasteiger partial charge in [-0.05, 0) is 19.1 Å². The van der Waals surface area contributed by atoms with Crippen LogP contribution in [0.15, 0.2) is 29.2 Å². The Labute approximate surface area is 113 Å². The Morgan fingerprint density at radius 1 is 1.33 bits per heavy atom. The van der Waals surface area contributed by atoms with Crippen LogP contribution in [0.3, 0.4) is 0 Å². The van der Waals surface area contributed by atoms with Crippen LogP contribution in [0.4, 0.5) is 0 Å². The van der Waals surface area contributed by atoms with Gasteiger partial charge in [-0.1, -0.05) is 31.5 Å². The first-order valence-corrected chi connectivity index (χ1v) is 7.05. The molecular formula is C14H21NO2S. The number of thioether (sulfide) groups is 1. The molecule has 1 aromatic rings. The zero-order chi connectivity index (χ0) is 13.5. The van der Waals surface area contributed by atoms with E-state index in [2.05, 4.69) is 36.5 Å². The van der Waals surface area contributed by atoms with Gasteiger partial charge in [0.1, 0.15) is 6.04 Å². The highest BCUT2D eigenvalue weighted by Gasteiger charge is 2.19. The summed E-state index contributed by atoms with van der Waals surface area (Å²) in [5.41, 5.74) is 1.24. The lowest BCUT2D eigenvalue weighted by Crippen LogP contribution is -2.43. The van der Waals surface area contributed by atoms with E-state index in [1.165, 1.54) is 17.6 Å². The average Bonchev–Trinajstić information content (AvgIpc) is 2.35. The maximum absolute atomic E-state index is 11.6. The average molecular weight is 267 g/mol. The minimum Gasteiger partial charge on any atom is -0.468 e. The molecule has 1 aromatic carbocycles. The van der Waals surface area contributed by atoms with Gasteiger partial charge in [0.2, 0.25) is 0 Å². The predicted octanol–water partition coefficient (Wildman–Crippen LogP) is 2.63. The van der Waals surface area contributed by atoms with Crippen molar-refractivity contribution in [1.82, 2.24) is 5.32 Å². The van der Waals surface area contributed by atoms with Crippen molar-refractivity contribution >= 4 is 17.7 Å². The zero-order valence-corrected chi connectivity index (χ0v) is 12.2. The molecule has 0 spiro atoms. The molecule has 0 aliphatic carbocycles. The molecule has 18 heavy (non-hydrogen) atoms. The summed E-state index contributed by atoms with van der Waals surface area (Å²) in [5, 5.41) is 3.22. The topological polar surface area (TPSA) is 38.3 Å². The molecule has 1 rings (SSSR count). The van der Waals surface area contributed by atoms with Gasteiger partial charge >= 0.3 is 5.97 Å². The van der Waals surface area contributed by atoms with Gasteiger partial charge in [0.05, 0.1) is 7.11 Å². The van der Waals surface area contributed by atoms with Crippen LogP contribution in [-0.2, 0) is 9.53 Å². The number of esters is 1. The van der Waals surface area contributed by atoms with Crippen molar-refractivity contribution in [3.8, 4) is 0 Å². The molecule has 1 N–H and O–H groups in total. The van der Waals surface area contributed by atoms with Crippen molar-refractivity contribution in [3.63, 3.8) is 0 Å². The van der Waals surface area contributed by atoms with E-state index >= 15 is 0 Å². The van der Waals surface area contributed by atoms with Gasteiger partial charge in [-0.3, -0.25) is 4.79 Å². The number of hydrogen-bond donors (Lipinski definition) is 1. The van der Waals surface area contributed by atoms with Crippen LogP contribution in [0.25, 0.3) is 0 Å². The predicted molar refractivity (Wildman–Crippen MR) is 76.0 cm³/mol. The van der Waals surface area contributed by atoms with Crippen LogP contribution in [0.2, 0.25) is 0 Å². The summed E-state index contributed by atoms with van der Waals surface area (Å²) in [5.74, 6) is 0.469. The van der Waals surface area contributed by atoms with E-state index in [1.54, 1.807) is 11.8 Å². The largest absolute Gasteiger partial charge is 0.468 e. The molecule has 1 atom stereocenters. The summed E-state index contributed by atoms with van der Waals surface area (Å²) in [7, 11) is 1.42. The van der Waals surface area contributed by atoms with E-state index in [0.717, 1.165) is 0 Å². The highest BCUT2D eigenvalue weighted by atomic mass is 32.2. The summed E-state index contributed by atoms with van der Waals surface area (Å²) in [6, 6.07) is 8.29. The molecule has 0 aliphatic rings. The van der Waals surface area contributed by atoms with Gasteiger partial charge in [0, 0.05) is 16.7 Å². The lowest BCUT2D eigenvalue weighted by Gasteiger charge is -2.18. The molecule has 3 nitrogen and oxygen atoms in total. The number of methoxy groups -OCH3 is 1. The maximum atomic E-state index is 11.6. The van der Waals surface area contributed by atoms with E-state index in [-0.39, 0.29) is 18.1 Å². The second-order valence-electron chi connectivity index (χ2n) is 4.52. The normalized spacial score (nSPS) is 12.5. The number of carbonyl (C=O) groups excluding carboxylic acids is 1. The molecule has 100 valence electrons. The Morgan fingerprint density at radius 2 is 1.94 bits per heavy atom. The molecule has 1 unspecified atom stereocenters. The Balaban J connectivity index is 2.55. The molecule has 0 fully saturated rings. The summed E-state index contributed by atoms with van der Waals surface area (Å²) >= 11 is 1.66. The van der Waals surface area contributed by atoms with Gasteiger partial charge < -0.3 is 10.1 Å². The summed E-state index contributed by atoms with van der Waals surface area (Å²) in [4.78, 5) is 12.8. The van der Waals surface area contributed by atoms with Crippen molar-refractivity contribution in [2.24, 2.45) is 0 Å². The zero-order valence-electron chi connectivity index (χ0n) is 11.4. The fourth-order valence-corrected chi connectivity index (χ4v) is 2.46. The molecule has 0 radical (unpaired) electrons. The number of rotatable bonds is 6. The molecule has 0 bridgehead atoms. The Bertz CT molecular complexity index is 376. The second-order valence-corrected chi connectivity index (χ2v) is 5.61. The number of aryl methyl sites for hydroxylation is 1. The van der Waals surface area contributed by atoms with Crippen LogP contribution in [0.5, 0.6) is 0 Å². The molecule has 0 amide bonds. The van der Waals surface area contributed by atoms with Crippen LogP contribution < -0.4 is 5.32 Å². The maximum Gasteiger partial charge on any atom is 0.323 e. The van der Waals surface area contributed by atoms with E-state index in [9.17, 15) is 4.79 Å². The van der Waals surface area contributed by atoms with E-state index < -0.39 is 0 Å².